The van der Waals surface area contributed by atoms with Gasteiger partial charge in [-0.25, -0.2) is 32.6 Å². The summed E-state index contributed by atoms with van der Waals surface area (Å²) < 4.78 is 68.6. The highest BCUT2D eigenvalue weighted by Gasteiger charge is 2.30. The Morgan fingerprint density at radius 1 is 0.932 bits per heavy atom. The van der Waals surface area contributed by atoms with E-state index in [0.717, 1.165) is 42.4 Å². The second-order valence-electron chi connectivity index (χ2n) is 14.4. The van der Waals surface area contributed by atoms with Crippen molar-refractivity contribution in [2.24, 2.45) is 7.05 Å². The third kappa shape index (κ3) is 8.20. The number of esters is 1. The molecule has 8 rings (SSSR count). The van der Waals surface area contributed by atoms with Crippen LogP contribution < -0.4 is 21.3 Å². The number of anilines is 1. The van der Waals surface area contributed by atoms with Crippen molar-refractivity contribution < 1.29 is 31.5 Å². The molecular formula is C39H36F2N10O7S. The molecule has 1 atom stereocenters. The van der Waals surface area contributed by atoms with Crippen LogP contribution in [0, 0.1) is 11.6 Å². The topological polar surface area (TPSA) is 215 Å². The van der Waals surface area contributed by atoms with E-state index in [1.54, 1.807) is 6.20 Å². The molecule has 0 spiro atoms. The second kappa shape index (κ2) is 15.9. The highest BCUT2D eigenvalue weighted by molar-refractivity contribution is 7.92. The zero-order valence-corrected chi connectivity index (χ0v) is 32.2. The van der Waals surface area contributed by atoms with Crippen LogP contribution in [0.25, 0.3) is 22.3 Å². The van der Waals surface area contributed by atoms with Crippen molar-refractivity contribution >= 4 is 38.5 Å². The van der Waals surface area contributed by atoms with E-state index >= 15 is 8.78 Å². The van der Waals surface area contributed by atoms with Gasteiger partial charge < -0.3 is 10.1 Å². The maximum Gasteiger partial charge on any atom is 0.335 e. The lowest BCUT2D eigenvalue weighted by Gasteiger charge is -2.25. The average molecular weight is 827 g/mol. The first kappa shape index (κ1) is 39.1. The number of carbonyl (C=O) groups is 2. The molecule has 2 aliphatic rings. The molecule has 2 N–H and O–H groups in total. The SMILES string of the molecule is Cn1c(=O)n(-c2ccc(C[C@H](NC(=O)c3cc(F)c(NS(=O)(=O)c4ccc(-n5cc(C6CC6)nn5)cn4)cc3F)C(=O)OC3CCCCC3)nc2)c(=O)c2ccncc21. The first-order valence-electron chi connectivity index (χ1n) is 18.8. The molecular weight excluding hydrogens is 791 g/mol. The highest BCUT2D eigenvalue weighted by atomic mass is 32.2. The number of nitrogens with one attached hydrogen (secondary N) is 2. The molecule has 17 nitrogen and oxygen atoms in total. The summed E-state index contributed by atoms with van der Waals surface area (Å²) in [7, 11) is -3.02. The molecule has 2 saturated carbocycles. The first-order chi connectivity index (χ1) is 28.4. The minimum absolute atomic E-state index is 0.138. The van der Waals surface area contributed by atoms with E-state index in [1.807, 2.05) is 4.72 Å². The van der Waals surface area contributed by atoms with Gasteiger partial charge in [0.25, 0.3) is 21.5 Å². The van der Waals surface area contributed by atoms with E-state index in [9.17, 15) is 27.6 Å². The average Bonchev–Trinajstić information content (AvgIpc) is 3.97. The fourth-order valence-electron chi connectivity index (χ4n) is 6.89. The van der Waals surface area contributed by atoms with Gasteiger partial charge in [-0.2, -0.15) is 8.42 Å². The highest BCUT2D eigenvalue weighted by Crippen LogP contribution is 2.38. The van der Waals surface area contributed by atoms with Crippen LogP contribution >= 0.6 is 0 Å². The van der Waals surface area contributed by atoms with Crippen LogP contribution in [-0.4, -0.2) is 71.5 Å². The van der Waals surface area contributed by atoms with E-state index < -0.39 is 73.2 Å². The molecule has 0 radical (unpaired) electrons. The van der Waals surface area contributed by atoms with Crippen LogP contribution in [0.5, 0.6) is 0 Å². The standard InChI is InChI=1S/C39H36F2N10O7S/c1-49-34-20-42-14-13-27(34)37(53)51(39(49)55)25-10-9-23(43-19-25)15-32(38(54)58-26-5-3-2-4-6-26)45-36(52)28-16-30(41)31(17-29(28)40)47-59(56,57)35-12-11-24(18-44-35)50-21-33(46-48-50)22-7-8-22/h9-14,16-22,26,32,47H,2-8,15H2,1H3,(H,45,52)/t32-/m0/s1. The fourth-order valence-corrected chi connectivity index (χ4v) is 7.88. The molecule has 20 heteroatoms. The quantitative estimate of drug-likeness (QED) is 0.169. The number of halogens is 2. The molecule has 1 aromatic carbocycles. The van der Waals surface area contributed by atoms with E-state index in [-0.39, 0.29) is 23.2 Å². The molecule has 6 aromatic rings. The third-order valence-electron chi connectivity index (χ3n) is 10.3. The number of amides is 1. The summed E-state index contributed by atoms with van der Waals surface area (Å²) in [6.07, 6.45) is 12.3. The van der Waals surface area contributed by atoms with Crippen LogP contribution in [0.3, 0.4) is 0 Å². The smallest absolute Gasteiger partial charge is 0.335 e. The summed E-state index contributed by atoms with van der Waals surface area (Å²) in [4.78, 5) is 65.7. The minimum atomic E-state index is -4.52. The molecule has 2 fully saturated rings. The molecule has 59 heavy (non-hydrogen) atoms. The van der Waals surface area contributed by atoms with Crippen molar-refractivity contribution in [1.82, 2.24) is 44.4 Å². The number of aromatic nitrogens is 8. The van der Waals surface area contributed by atoms with Crippen LogP contribution in [-0.2, 0) is 33.0 Å². The Morgan fingerprint density at radius 2 is 1.69 bits per heavy atom. The van der Waals surface area contributed by atoms with E-state index in [2.05, 4.69) is 30.6 Å². The maximum absolute atomic E-state index is 15.5. The van der Waals surface area contributed by atoms with Crippen molar-refractivity contribution in [3.63, 3.8) is 0 Å². The van der Waals surface area contributed by atoms with E-state index in [0.29, 0.717) is 42.1 Å². The van der Waals surface area contributed by atoms with Crippen molar-refractivity contribution in [3.8, 4) is 11.4 Å². The Hall–Kier alpha value is -6.70. The van der Waals surface area contributed by atoms with Gasteiger partial charge in [0.2, 0.25) is 0 Å². The van der Waals surface area contributed by atoms with Crippen LogP contribution in [0.15, 0.2) is 88.1 Å². The molecule has 0 aliphatic heterocycles. The zero-order chi connectivity index (χ0) is 41.4. The number of ether oxygens (including phenoxy) is 1. The molecule has 1 amide bonds. The first-order valence-corrected chi connectivity index (χ1v) is 20.3. The predicted molar refractivity (Wildman–Crippen MR) is 207 cm³/mol. The minimum Gasteiger partial charge on any atom is -0.461 e. The number of rotatable bonds is 12. The summed E-state index contributed by atoms with van der Waals surface area (Å²) >= 11 is 0. The molecule has 5 aromatic heterocycles. The van der Waals surface area contributed by atoms with Gasteiger partial charge >= 0.3 is 11.7 Å². The summed E-state index contributed by atoms with van der Waals surface area (Å²) in [5.41, 5.74) is -0.862. The van der Waals surface area contributed by atoms with Gasteiger partial charge in [0.05, 0.1) is 64.0 Å². The fraction of sp³-hybridized carbons (Fsp3) is 0.308. The number of hydrogen-bond donors (Lipinski definition) is 2. The number of fused-ring (bicyclic) bond motifs is 1. The monoisotopic (exact) mass is 826 g/mol. The van der Waals surface area contributed by atoms with E-state index in [4.69, 9.17) is 4.74 Å². The Balaban J connectivity index is 0.998. The second-order valence-corrected chi connectivity index (χ2v) is 16.1. The largest absolute Gasteiger partial charge is 0.461 e. The number of sulfonamides is 1. The Morgan fingerprint density at radius 3 is 2.41 bits per heavy atom. The van der Waals surface area contributed by atoms with Crippen molar-refractivity contribution in [1.29, 1.82) is 0 Å². The predicted octanol–water partition coefficient (Wildman–Crippen LogP) is 3.63. The normalized spacial score (nSPS) is 15.2. The summed E-state index contributed by atoms with van der Waals surface area (Å²) in [5, 5.41) is 10.3. The van der Waals surface area contributed by atoms with Crippen molar-refractivity contribution in [2.75, 3.05) is 4.72 Å². The molecule has 5 heterocycles. The van der Waals surface area contributed by atoms with Crippen molar-refractivity contribution in [3.05, 3.63) is 123 Å². The number of carbonyl (C=O) groups excluding carboxylic acids is 2. The molecule has 0 bridgehead atoms. The van der Waals surface area contributed by atoms with Gasteiger partial charge in [0.1, 0.15) is 23.8 Å². The Bertz CT molecular complexity index is 2820. The Kier molecular flexibility index (Phi) is 10.6. The molecule has 2 aliphatic carbocycles. The summed E-state index contributed by atoms with van der Waals surface area (Å²) in [6.45, 7) is 0. The number of hydrogen-bond acceptors (Lipinski definition) is 12. The van der Waals surface area contributed by atoms with Gasteiger partial charge in [0.15, 0.2) is 5.03 Å². The molecule has 304 valence electrons. The third-order valence-corrected chi connectivity index (χ3v) is 11.6. The van der Waals surface area contributed by atoms with Crippen molar-refractivity contribution in [2.45, 2.75) is 74.5 Å². The van der Waals surface area contributed by atoms with Gasteiger partial charge in [-0.15, -0.1) is 5.10 Å². The number of pyridine rings is 3. The lowest BCUT2D eigenvalue weighted by Crippen LogP contribution is -2.45. The zero-order valence-electron chi connectivity index (χ0n) is 31.4. The van der Waals surface area contributed by atoms with E-state index in [1.165, 1.54) is 71.4 Å². The van der Waals surface area contributed by atoms with Gasteiger partial charge in [-0.05, 0) is 74.9 Å². The van der Waals surface area contributed by atoms with Crippen LogP contribution in [0.1, 0.15) is 72.6 Å². The lowest BCUT2D eigenvalue weighted by molar-refractivity contribution is -0.152. The van der Waals surface area contributed by atoms with Crippen LogP contribution in [0.4, 0.5) is 14.5 Å². The molecule has 0 saturated heterocycles. The maximum atomic E-state index is 15.5. The van der Waals surface area contributed by atoms with Gasteiger partial charge in [-0.3, -0.25) is 28.8 Å². The summed E-state index contributed by atoms with van der Waals surface area (Å²) in [5.74, 6) is -4.23. The lowest BCUT2D eigenvalue weighted by atomic mass is 9.97. The van der Waals surface area contributed by atoms with Crippen LogP contribution in [0.2, 0.25) is 0 Å². The number of aryl methyl sites for hydroxylation is 1. The van der Waals surface area contributed by atoms with Gasteiger partial charge in [0, 0.05) is 37.3 Å². The molecule has 0 unspecified atom stereocenters. The Labute approximate surface area is 334 Å². The number of nitrogens with zero attached hydrogens (tertiary/aromatic N) is 8. The van der Waals surface area contributed by atoms with Gasteiger partial charge in [-0.1, -0.05) is 11.6 Å². The number of benzene rings is 1. The summed E-state index contributed by atoms with van der Waals surface area (Å²) in [6, 6.07) is 6.58.